The van der Waals surface area contributed by atoms with Crippen LogP contribution in [0.3, 0.4) is 0 Å². The van der Waals surface area contributed by atoms with E-state index in [4.69, 9.17) is 4.74 Å². The molecule has 0 saturated carbocycles. The maximum atomic E-state index is 15.4. The fraction of sp³-hybridized carbons (Fsp3) is 0.200. The lowest BCUT2D eigenvalue weighted by molar-refractivity contribution is -0.152. The Hall–Kier alpha value is -4.88. The Balaban J connectivity index is 1.73. The van der Waals surface area contributed by atoms with Crippen LogP contribution in [0.1, 0.15) is 24.3 Å². The second-order valence-corrected chi connectivity index (χ2v) is 8.54. The van der Waals surface area contributed by atoms with E-state index in [0.29, 0.717) is 17.3 Å². The van der Waals surface area contributed by atoms with Crippen LogP contribution in [0.4, 0.5) is 29.1 Å². The minimum absolute atomic E-state index is 0.151. The Bertz CT molecular complexity index is 1600. The average molecular weight is 543 g/mol. The van der Waals surface area contributed by atoms with Crippen LogP contribution in [0.25, 0.3) is 16.7 Å². The lowest BCUT2D eigenvalue weighted by atomic mass is 10.1. The number of aryl methyl sites for hydroxylation is 1. The van der Waals surface area contributed by atoms with Crippen molar-refractivity contribution in [2.24, 2.45) is 4.99 Å². The minimum Gasteiger partial charge on any atom is -0.447 e. The van der Waals surface area contributed by atoms with Crippen molar-refractivity contribution in [2.45, 2.75) is 20.0 Å². The van der Waals surface area contributed by atoms with Crippen molar-refractivity contribution in [2.75, 3.05) is 19.4 Å². The SMILES string of the molecule is CC(=O)OC(C(=O)Nc1ccc(-n2nc(C)c3ncnc(N=CN(C)C)c32)c(F)c1F)c1cc(F)cc(F)c1. The Labute approximate surface area is 218 Å². The lowest BCUT2D eigenvalue weighted by Gasteiger charge is -2.18. The molecule has 1 N–H and O–H groups in total. The Morgan fingerprint density at radius 3 is 2.41 bits per heavy atom. The van der Waals surface area contributed by atoms with Crippen molar-refractivity contribution in [1.29, 1.82) is 0 Å². The van der Waals surface area contributed by atoms with E-state index in [1.54, 1.807) is 25.9 Å². The number of amides is 1. The zero-order chi connectivity index (χ0) is 28.4. The van der Waals surface area contributed by atoms with Crippen LogP contribution in [0.5, 0.6) is 0 Å². The molecule has 202 valence electrons. The number of hydrogen-bond acceptors (Lipinski definition) is 7. The molecule has 0 radical (unpaired) electrons. The first kappa shape index (κ1) is 27.2. The number of ether oxygens (including phenoxy) is 1. The molecule has 4 rings (SSSR count). The van der Waals surface area contributed by atoms with Gasteiger partial charge in [-0.2, -0.15) is 5.10 Å². The van der Waals surface area contributed by atoms with Gasteiger partial charge in [-0.05, 0) is 31.2 Å². The number of hydrogen-bond donors (Lipinski definition) is 1. The summed E-state index contributed by atoms with van der Waals surface area (Å²) in [5.41, 5.74) is -0.320. The van der Waals surface area contributed by atoms with E-state index in [1.807, 2.05) is 0 Å². The zero-order valence-corrected chi connectivity index (χ0v) is 21.0. The smallest absolute Gasteiger partial charge is 0.303 e. The van der Waals surface area contributed by atoms with Gasteiger partial charge in [-0.1, -0.05) is 0 Å². The molecule has 0 aliphatic heterocycles. The normalized spacial score (nSPS) is 12.1. The van der Waals surface area contributed by atoms with Crippen LogP contribution in [-0.2, 0) is 14.3 Å². The van der Waals surface area contributed by atoms with E-state index >= 15 is 8.78 Å². The molecule has 1 unspecified atom stereocenters. The molecule has 39 heavy (non-hydrogen) atoms. The molecule has 0 spiro atoms. The summed E-state index contributed by atoms with van der Waals surface area (Å²) in [6.45, 7) is 2.60. The molecule has 0 fully saturated rings. The fourth-order valence-corrected chi connectivity index (χ4v) is 3.68. The maximum absolute atomic E-state index is 15.4. The highest BCUT2D eigenvalue weighted by molar-refractivity contribution is 5.96. The van der Waals surface area contributed by atoms with Crippen molar-refractivity contribution >= 4 is 40.8 Å². The van der Waals surface area contributed by atoms with Crippen molar-refractivity contribution in [3.63, 3.8) is 0 Å². The van der Waals surface area contributed by atoms with E-state index in [2.05, 4.69) is 25.4 Å². The topological polar surface area (TPSA) is 115 Å². The van der Waals surface area contributed by atoms with Crippen LogP contribution in [0.15, 0.2) is 41.7 Å². The van der Waals surface area contributed by atoms with E-state index < -0.39 is 46.9 Å². The molecule has 4 aromatic rings. The number of nitrogens with one attached hydrogen (secondary N) is 1. The Kier molecular flexibility index (Phi) is 7.56. The van der Waals surface area contributed by atoms with Crippen LogP contribution in [0.2, 0.25) is 0 Å². The monoisotopic (exact) mass is 543 g/mol. The van der Waals surface area contributed by atoms with Gasteiger partial charge < -0.3 is 15.0 Å². The van der Waals surface area contributed by atoms with Crippen LogP contribution in [-0.4, -0.2) is 57.0 Å². The first-order valence-electron chi connectivity index (χ1n) is 11.3. The van der Waals surface area contributed by atoms with Crippen LogP contribution >= 0.6 is 0 Å². The number of halogens is 4. The third-order valence-corrected chi connectivity index (χ3v) is 5.28. The summed E-state index contributed by atoms with van der Waals surface area (Å²) in [5.74, 6) is -6.88. The van der Waals surface area contributed by atoms with Gasteiger partial charge in [-0.15, -0.1) is 0 Å². The molecule has 0 aliphatic carbocycles. The summed E-state index contributed by atoms with van der Waals surface area (Å²) >= 11 is 0. The predicted molar refractivity (Wildman–Crippen MR) is 133 cm³/mol. The van der Waals surface area contributed by atoms with Gasteiger partial charge in [0.2, 0.25) is 6.10 Å². The number of aromatic nitrogens is 4. The Morgan fingerprint density at radius 2 is 1.77 bits per heavy atom. The van der Waals surface area contributed by atoms with Crippen LogP contribution in [0, 0.1) is 30.2 Å². The van der Waals surface area contributed by atoms with E-state index in [0.717, 1.165) is 35.9 Å². The summed E-state index contributed by atoms with van der Waals surface area (Å²) in [5, 5.41) is 6.36. The number of anilines is 1. The highest BCUT2D eigenvalue weighted by Crippen LogP contribution is 2.31. The van der Waals surface area contributed by atoms with Crippen molar-refractivity contribution in [1.82, 2.24) is 24.6 Å². The van der Waals surface area contributed by atoms with Crippen molar-refractivity contribution in [3.05, 3.63) is 71.2 Å². The number of carbonyl (C=O) groups excluding carboxylic acids is 2. The number of fused-ring (bicyclic) bond motifs is 1. The highest BCUT2D eigenvalue weighted by atomic mass is 19.2. The molecule has 2 aromatic heterocycles. The molecular weight excluding hydrogens is 522 g/mol. The molecule has 2 heterocycles. The van der Waals surface area contributed by atoms with Crippen molar-refractivity contribution < 1.29 is 31.9 Å². The first-order valence-corrected chi connectivity index (χ1v) is 11.3. The summed E-state index contributed by atoms with van der Waals surface area (Å²) in [6, 6.07) is 4.32. The van der Waals surface area contributed by atoms with E-state index in [-0.39, 0.29) is 22.6 Å². The molecule has 0 saturated heterocycles. The summed E-state index contributed by atoms with van der Waals surface area (Å²) in [6.07, 6.45) is 0.888. The number of nitrogens with zero attached hydrogens (tertiary/aromatic N) is 6. The molecule has 0 aliphatic rings. The van der Waals surface area contributed by atoms with Gasteiger partial charge in [0.15, 0.2) is 17.5 Å². The predicted octanol–water partition coefficient (Wildman–Crippen LogP) is 4.14. The van der Waals surface area contributed by atoms with E-state index in [1.165, 1.54) is 12.7 Å². The van der Waals surface area contributed by atoms with Gasteiger partial charge in [-0.25, -0.2) is 37.2 Å². The largest absolute Gasteiger partial charge is 0.447 e. The molecule has 1 amide bonds. The quantitative estimate of drug-likeness (QED) is 0.161. The highest BCUT2D eigenvalue weighted by Gasteiger charge is 2.28. The molecule has 14 heteroatoms. The third kappa shape index (κ3) is 5.68. The van der Waals surface area contributed by atoms with Gasteiger partial charge in [0.1, 0.15) is 34.7 Å². The Morgan fingerprint density at radius 1 is 1.08 bits per heavy atom. The van der Waals surface area contributed by atoms with Gasteiger partial charge >= 0.3 is 5.97 Å². The molecule has 10 nitrogen and oxygen atoms in total. The lowest BCUT2D eigenvalue weighted by Crippen LogP contribution is -2.26. The molecule has 0 bridgehead atoms. The van der Waals surface area contributed by atoms with Gasteiger partial charge in [0.05, 0.1) is 17.7 Å². The number of esters is 1. The molecular formula is C25H21F4N7O3. The first-order chi connectivity index (χ1) is 18.5. The zero-order valence-electron chi connectivity index (χ0n) is 21.0. The number of carbonyl (C=O) groups is 2. The van der Waals surface area contributed by atoms with Gasteiger partial charge in [0, 0.05) is 32.6 Å². The van der Waals surface area contributed by atoms with Crippen LogP contribution < -0.4 is 5.32 Å². The summed E-state index contributed by atoms with van der Waals surface area (Å²) in [4.78, 5) is 38.6. The maximum Gasteiger partial charge on any atom is 0.303 e. The van der Waals surface area contributed by atoms with Gasteiger partial charge in [-0.3, -0.25) is 9.59 Å². The number of benzene rings is 2. The fourth-order valence-electron chi connectivity index (χ4n) is 3.68. The molecule has 2 aromatic carbocycles. The van der Waals surface area contributed by atoms with Gasteiger partial charge in [0.25, 0.3) is 5.91 Å². The standard InChI is InChI=1S/C25H21F4N7O3/c1-12-21-22(24(31-10-30-21)32-11-35(3)4)36(34-12)18-6-5-17(19(28)20(18)29)33-25(38)23(39-13(2)37)14-7-15(26)9-16(27)8-14/h5-11,23H,1-4H3,(H,33,38). The third-order valence-electron chi connectivity index (χ3n) is 5.28. The number of aliphatic imine (C=N–C) groups is 1. The summed E-state index contributed by atoms with van der Waals surface area (Å²) in [7, 11) is 3.48. The average Bonchev–Trinajstić information content (AvgIpc) is 3.20. The molecule has 1 atom stereocenters. The number of rotatable bonds is 7. The summed E-state index contributed by atoms with van der Waals surface area (Å²) < 4.78 is 64.0. The van der Waals surface area contributed by atoms with E-state index in [9.17, 15) is 18.4 Å². The second kappa shape index (κ2) is 10.8. The minimum atomic E-state index is -1.85. The second-order valence-electron chi connectivity index (χ2n) is 8.54. The van der Waals surface area contributed by atoms with Crippen molar-refractivity contribution in [3.8, 4) is 5.69 Å².